The number of ether oxygens (including phenoxy) is 2. The molecule has 1 aliphatic carbocycles. The van der Waals surface area contributed by atoms with Gasteiger partial charge in [-0.2, -0.15) is 0 Å². The molecule has 5 nitrogen and oxygen atoms in total. The van der Waals surface area contributed by atoms with Crippen LogP contribution in [0.15, 0.2) is 42.5 Å². The minimum absolute atomic E-state index is 0.0163. The molecule has 1 aliphatic rings. The summed E-state index contributed by atoms with van der Waals surface area (Å²) in [5, 5.41) is 3.07. The van der Waals surface area contributed by atoms with Gasteiger partial charge in [-0.05, 0) is 61.6 Å². The van der Waals surface area contributed by atoms with Gasteiger partial charge in [-0.25, -0.2) is 0 Å². The van der Waals surface area contributed by atoms with Gasteiger partial charge in [-0.3, -0.25) is 4.79 Å². The zero-order chi connectivity index (χ0) is 17.6. The third kappa shape index (κ3) is 4.24. The van der Waals surface area contributed by atoms with Gasteiger partial charge in [0, 0.05) is 5.69 Å². The summed E-state index contributed by atoms with van der Waals surface area (Å²) in [5.74, 6) is 1.09. The molecule has 0 saturated carbocycles. The molecule has 0 aromatic heterocycles. The third-order valence-corrected chi connectivity index (χ3v) is 4.32. The summed E-state index contributed by atoms with van der Waals surface area (Å²) in [5.41, 5.74) is 9.00. The first-order chi connectivity index (χ1) is 12.2. The number of para-hydroxylation sites is 2. The van der Waals surface area contributed by atoms with E-state index in [1.54, 1.807) is 6.07 Å². The number of benzene rings is 2. The van der Waals surface area contributed by atoms with Crippen LogP contribution in [0.2, 0.25) is 0 Å². The first-order valence-electron chi connectivity index (χ1n) is 8.69. The van der Waals surface area contributed by atoms with Crippen LogP contribution in [0.4, 0.5) is 5.69 Å². The van der Waals surface area contributed by atoms with Gasteiger partial charge < -0.3 is 20.5 Å². The fraction of sp³-hybridized carbons (Fsp3) is 0.350. The highest BCUT2D eigenvalue weighted by Gasteiger charge is 2.22. The summed E-state index contributed by atoms with van der Waals surface area (Å²) in [6.07, 6.45) is 2.97. The van der Waals surface area contributed by atoms with E-state index in [1.807, 2.05) is 43.3 Å². The van der Waals surface area contributed by atoms with Gasteiger partial charge in [0.1, 0.15) is 0 Å². The van der Waals surface area contributed by atoms with Gasteiger partial charge in [-0.1, -0.05) is 18.2 Å². The lowest BCUT2D eigenvalue weighted by atomic mass is 9.87. The predicted octanol–water partition coefficient (Wildman–Crippen LogP) is 3.24. The highest BCUT2D eigenvalue weighted by Crippen LogP contribution is 2.31. The number of anilines is 1. The lowest BCUT2D eigenvalue weighted by Gasteiger charge is -2.26. The number of carbonyl (C=O) groups excluding carboxylic acids is 1. The predicted molar refractivity (Wildman–Crippen MR) is 97.8 cm³/mol. The van der Waals surface area contributed by atoms with Crippen LogP contribution in [0.1, 0.15) is 36.9 Å². The molecule has 3 N–H and O–H groups in total. The lowest BCUT2D eigenvalue weighted by molar-refractivity contribution is -0.124. The van der Waals surface area contributed by atoms with Crippen LogP contribution in [0.25, 0.3) is 0 Å². The lowest BCUT2D eigenvalue weighted by Crippen LogP contribution is -2.34. The molecule has 1 atom stereocenters. The average Bonchev–Trinajstić information content (AvgIpc) is 2.61. The second kappa shape index (κ2) is 7.92. The molecule has 1 amide bonds. The van der Waals surface area contributed by atoms with Crippen molar-refractivity contribution in [2.45, 2.75) is 32.2 Å². The Balaban J connectivity index is 1.61. The number of hydrogen-bond acceptors (Lipinski definition) is 4. The first-order valence-corrected chi connectivity index (χ1v) is 8.69. The molecule has 5 heteroatoms. The highest BCUT2D eigenvalue weighted by atomic mass is 16.5. The second-order valence-electron chi connectivity index (χ2n) is 6.14. The van der Waals surface area contributed by atoms with Crippen LogP contribution in [-0.4, -0.2) is 19.1 Å². The van der Waals surface area contributed by atoms with E-state index in [0.29, 0.717) is 18.1 Å². The van der Waals surface area contributed by atoms with Crippen molar-refractivity contribution in [1.29, 1.82) is 0 Å². The SMILES string of the molecule is CCOc1ccccc1OCC(=O)NC1CCCc2cc(N)ccc21. The van der Waals surface area contributed by atoms with Crippen LogP contribution in [0.5, 0.6) is 11.5 Å². The Hall–Kier alpha value is -2.69. The fourth-order valence-electron chi connectivity index (χ4n) is 3.21. The van der Waals surface area contributed by atoms with Crippen molar-refractivity contribution in [3.05, 3.63) is 53.6 Å². The molecule has 2 aromatic rings. The standard InChI is InChI=1S/C20H24N2O3/c1-2-24-18-8-3-4-9-19(18)25-13-20(23)22-17-7-5-6-14-12-15(21)10-11-16(14)17/h3-4,8-12,17H,2,5-7,13,21H2,1H3,(H,22,23). The van der Waals surface area contributed by atoms with Crippen LogP contribution in [0.3, 0.4) is 0 Å². The molecule has 0 saturated heterocycles. The average molecular weight is 340 g/mol. The van der Waals surface area contributed by atoms with Crippen molar-refractivity contribution < 1.29 is 14.3 Å². The summed E-state index contributed by atoms with van der Waals surface area (Å²) in [6.45, 7) is 2.43. The van der Waals surface area contributed by atoms with Crippen molar-refractivity contribution in [2.75, 3.05) is 18.9 Å². The van der Waals surface area contributed by atoms with Gasteiger partial charge in [0.25, 0.3) is 5.91 Å². The summed E-state index contributed by atoms with van der Waals surface area (Å²) < 4.78 is 11.2. The number of nitrogen functional groups attached to an aromatic ring is 1. The molecule has 0 aliphatic heterocycles. The van der Waals surface area contributed by atoms with Gasteiger partial charge in [0.15, 0.2) is 18.1 Å². The number of amides is 1. The van der Waals surface area contributed by atoms with Crippen molar-refractivity contribution >= 4 is 11.6 Å². The third-order valence-electron chi connectivity index (χ3n) is 4.32. The Labute approximate surface area is 148 Å². The fourth-order valence-corrected chi connectivity index (χ4v) is 3.21. The molecule has 132 valence electrons. The van der Waals surface area contributed by atoms with Crippen LogP contribution < -0.4 is 20.5 Å². The monoisotopic (exact) mass is 340 g/mol. The van der Waals surface area contributed by atoms with Crippen LogP contribution >= 0.6 is 0 Å². The van der Waals surface area contributed by atoms with E-state index in [4.69, 9.17) is 15.2 Å². The second-order valence-corrected chi connectivity index (χ2v) is 6.14. The molecule has 0 fully saturated rings. The highest BCUT2D eigenvalue weighted by molar-refractivity contribution is 5.78. The van der Waals surface area contributed by atoms with E-state index >= 15 is 0 Å². The van der Waals surface area contributed by atoms with E-state index in [1.165, 1.54) is 5.56 Å². The topological polar surface area (TPSA) is 73.6 Å². The number of hydrogen-bond donors (Lipinski definition) is 2. The quantitative estimate of drug-likeness (QED) is 0.792. The maximum atomic E-state index is 12.3. The summed E-state index contributed by atoms with van der Waals surface area (Å²) in [6, 6.07) is 13.3. The number of rotatable bonds is 6. The summed E-state index contributed by atoms with van der Waals surface area (Å²) >= 11 is 0. The molecule has 25 heavy (non-hydrogen) atoms. The Morgan fingerprint density at radius 3 is 2.72 bits per heavy atom. The number of nitrogens with two attached hydrogens (primary N) is 1. The van der Waals surface area contributed by atoms with Gasteiger partial charge in [-0.15, -0.1) is 0 Å². The maximum absolute atomic E-state index is 12.3. The van der Waals surface area contributed by atoms with Crippen molar-refractivity contribution in [1.82, 2.24) is 5.32 Å². The molecule has 0 bridgehead atoms. The number of nitrogens with one attached hydrogen (secondary N) is 1. The van der Waals surface area contributed by atoms with E-state index in [-0.39, 0.29) is 18.6 Å². The Kier molecular flexibility index (Phi) is 5.43. The van der Waals surface area contributed by atoms with E-state index in [2.05, 4.69) is 5.32 Å². The molecule has 0 heterocycles. The zero-order valence-corrected chi connectivity index (χ0v) is 14.5. The number of carbonyl (C=O) groups is 1. The molecule has 0 radical (unpaired) electrons. The zero-order valence-electron chi connectivity index (χ0n) is 14.5. The van der Waals surface area contributed by atoms with Gasteiger partial charge in [0.2, 0.25) is 0 Å². The van der Waals surface area contributed by atoms with E-state index in [9.17, 15) is 4.79 Å². The molecular weight excluding hydrogens is 316 g/mol. The Morgan fingerprint density at radius 2 is 1.96 bits per heavy atom. The molecule has 3 rings (SSSR count). The smallest absolute Gasteiger partial charge is 0.258 e. The van der Waals surface area contributed by atoms with Gasteiger partial charge >= 0.3 is 0 Å². The summed E-state index contributed by atoms with van der Waals surface area (Å²) in [4.78, 5) is 12.3. The molecule has 2 aromatic carbocycles. The largest absolute Gasteiger partial charge is 0.490 e. The van der Waals surface area contributed by atoms with Crippen molar-refractivity contribution in [3.63, 3.8) is 0 Å². The minimum Gasteiger partial charge on any atom is -0.490 e. The van der Waals surface area contributed by atoms with Crippen molar-refractivity contribution in [2.24, 2.45) is 0 Å². The number of aryl methyl sites for hydroxylation is 1. The van der Waals surface area contributed by atoms with Gasteiger partial charge in [0.05, 0.1) is 12.6 Å². The van der Waals surface area contributed by atoms with E-state index < -0.39 is 0 Å². The van der Waals surface area contributed by atoms with E-state index in [0.717, 1.165) is 30.5 Å². The van der Waals surface area contributed by atoms with Crippen LogP contribution in [-0.2, 0) is 11.2 Å². The Morgan fingerprint density at radius 1 is 1.20 bits per heavy atom. The minimum atomic E-state index is -0.138. The first kappa shape index (κ1) is 17.1. The molecule has 1 unspecified atom stereocenters. The Bertz CT molecular complexity index is 745. The van der Waals surface area contributed by atoms with Crippen molar-refractivity contribution in [3.8, 4) is 11.5 Å². The maximum Gasteiger partial charge on any atom is 0.258 e. The number of fused-ring (bicyclic) bond motifs is 1. The normalized spacial score (nSPS) is 16.0. The van der Waals surface area contributed by atoms with Crippen LogP contribution in [0, 0.1) is 0 Å². The molecular formula is C20H24N2O3. The summed E-state index contributed by atoms with van der Waals surface area (Å²) in [7, 11) is 0. The molecule has 0 spiro atoms.